The third-order valence-corrected chi connectivity index (χ3v) is 6.24. The van der Waals surface area contributed by atoms with E-state index in [2.05, 4.69) is 37.2 Å². The summed E-state index contributed by atoms with van der Waals surface area (Å²) in [5.41, 5.74) is 1.48. The number of carbonyl (C=O) groups is 2. The zero-order chi connectivity index (χ0) is 23.3. The summed E-state index contributed by atoms with van der Waals surface area (Å²) in [4.78, 5) is 23.9. The van der Waals surface area contributed by atoms with Crippen molar-refractivity contribution in [3.63, 3.8) is 0 Å². The Labute approximate surface area is 199 Å². The Balaban J connectivity index is 2.18. The summed E-state index contributed by atoms with van der Waals surface area (Å²) >= 11 is 6.97. The molecular weight excluding hydrogens is 530 g/mol. The molecule has 0 saturated heterocycles. The molecule has 0 radical (unpaired) electrons. The summed E-state index contributed by atoms with van der Waals surface area (Å²) in [7, 11) is 0. The number of benzene rings is 2. The second-order valence-electron chi connectivity index (χ2n) is 7.81. The predicted octanol–water partition coefficient (Wildman–Crippen LogP) is 5.99. The number of aliphatic carboxylic acids is 1. The van der Waals surface area contributed by atoms with E-state index in [1.54, 1.807) is 37.3 Å². The number of amides is 1. The van der Waals surface area contributed by atoms with Gasteiger partial charge in [0, 0.05) is 5.56 Å². The van der Waals surface area contributed by atoms with Gasteiger partial charge in [-0.3, -0.25) is 4.79 Å². The first kappa shape index (κ1) is 25.2. The molecule has 3 N–H and O–H groups in total. The largest absolute Gasteiger partial charge is 0.508 e. The van der Waals surface area contributed by atoms with Crippen molar-refractivity contribution >= 4 is 43.7 Å². The fourth-order valence-corrected chi connectivity index (χ4v) is 4.52. The van der Waals surface area contributed by atoms with E-state index in [0.29, 0.717) is 32.4 Å². The van der Waals surface area contributed by atoms with Gasteiger partial charge >= 0.3 is 5.97 Å². The van der Waals surface area contributed by atoms with E-state index >= 15 is 0 Å². The number of halogens is 2. The number of carbonyl (C=O) groups excluding carboxylic acids is 1. The third kappa shape index (κ3) is 6.71. The Morgan fingerprint density at radius 1 is 1.10 bits per heavy atom. The predicted molar refractivity (Wildman–Crippen MR) is 127 cm³/mol. The number of carboxylic acids is 1. The third-order valence-electron chi connectivity index (χ3n) is 5.06. The molecular formula is C23H27Br2NO5. The second-order valence-corrected chi connectivity index (χ2v) is 9.52. The van der Waals surface area contributed by atoms with Crippen molar-refractivity contribution in [1.82, 2.24) is 5.32 Å². The van der Waals surface area contributed by atoms with Crippen molar-refractivity contribution in [2.24, 2.45) is 5.92 Å². The van der Waals surface area contributed by atoms with Gasteiger partial charge in [0.1, 0.15) is 17.5 Å². The monoisotopic (exact) mass is 555 g/mol. The van der Waals surface area contributed by atoms with Crippen LogP contribution in [0.15, 0.2) is 39.3 Å². The number of carboxylic acid groups (broad SMARTS) is 1. The molecule has 0 fully saturated rings. The van der Waals surface area contributed by atoms with Gasteiger partial charge in [-0.2, -0.15) is 0 Å². The summed E-state index contributed by atoms with van der Waals surface area (Å²) in [5, 5.41) is 22.0. The Morgan fingerprint density at radius 2 is 1.71 bits per heavy atom. The highest BCUT2D eigenvalue weighted by Crippen LogP contribution is 2.39. The van der Waals surface area contributed by atoms with Crippen LogP contribution in [0, 0.1) is 5.92 Å². The smallest absolute Gasteiger partial charge is 0.326 e. The van der Waals surface area contributed by atoms with Crippen LogP contribution in [0.5, 0.6) is 17.2 Å². The zero-order valence-corrected chi connectivity index (χ0v) is 21.1. The molecule has 0 heterocycles. The topological polar surface area (TPSA) is 95.9 Å². The van der Waals surface area contributed by atoms with Gasteiger partial charge in [-0.15, -0.1) is 0 Å². The molecule has 6 nitrogen and oxygen atoms in total. The molecule has 2 rings (SSSR count). The van der Waals surface area contributed by atoms with Crippen LogP contribution in [-0.4, -0.2) is 28.1 Å². The maximum atomic E-state index is 12.4. The Morgan fingerprint density at radius 3 is 2.23 bits per heavy atom. The highest BCUT2D eigenvalue weighted by molar-refractivity contribution is 9.11. The molecule has 0 aliphatic heterocycles. The fourth-order valence-electron chi connectivity index (χ4n) is 3.08. The van der Waals surface area contributed by atoms with Crippen LogP contribution in [0.2, 0.25) is 0 Å². The van der Waals surface area contributed by atoms with Gasteiger partial charge in [-0.05, 0) is 79.6 Å². The lowest BCUT2D eigenvalue weighted by Crippen LogP contribution is -2.45. The van der Waals surface area contributed by atoms with Crippen LogP contribution in [0.25, 0.3) is 0 Å². The Hall–Kier alpha value is -2.06. The van der Waals surface area contributed by atoms with Crippen molar-refractivity contribution in [2.75, 3.05) is 0 Å². The quantitative estimate of drug-likeness (QED) is 0.352. The Bertz CT molecular complexity index is 938. The minimum absolute atomic E-state index is 0.0361. The lowest BCUT2D eigenvalue weighted by Gasteiger charge is -2.20. The number of nitrogens with one attached hydrogen (secondary N) is 1. The van der Waals surface area contributed by atoms with E-state index in [4.69, 9.17) is 4.74 Å². The van der Waals surface area contributed by atoms with Crippen molar-refractivity contribution < 1.29 is 24.5 Å². The first-order valence-electron chi connectivity index (χ1n) is 10.0. The number of rotatable bonds is 9. The van der Waals surface area contributed by atoms with Gasteiger partial charge in [0.25, 0.3) is 0 Å². The zero-order valence-electron chi connectivity index (χ0n) is 17.9. The standard InChI is InChI=1S/C23H27Br2NO5/c1-5-13(4)21(23(29)30)26-20(28)10-14-8-17(24)22(18(25)9-14)31-15-6-7-19(27)16(11-15)12(2)3/h6-9,11-13,21,27H,5,10H2,1-4H3,(H,26,28)(H,29,30). The van der Waals surface area contributed by atoms with Crippen LogP contribution in [-0.2, 0) is 16.0 Å². The van der Waals surface area contributed by atoms with E-state index in [1.165, 1.54) is 0 Å². The van der Waals surface area contributed by atoms with Crippen molar-refractivity contribution in [2.45, 2.75) is 52.5 Å². The molecule has 1 amide bonds. The molecule has 168 valence electrons. The lowest BCUT2D eigenvalue weighted by molar-refractivity contribution is -0.143. The van der Waals surface area contributed by atoms with Gasteiger partial charge in [0.05, 0.1) is 15.4 Å². The van der Waals surface area contributed by atoms with E-state index in [1.807, 2.05) is 20.8 Å². The summed E-state index contributed by atoms with van der Waals surface area (Å²) in [5.74, 6) is -0.0976. The fraction of sp³-hybridized carbons (Fsp3) is 0.391. The molecule has 2 unspecified atom stereocenters. The number of phenolic OH excluding ortho intramolecular Hbond substituents is 1. The molecule has 0 saturated carbocycles. The maximum absolute atomic E-state index is 12.4. The molecule has 0 aromatic heterocycles. The highest BCUT2D eigenvalue weighted by atomic mass is 79.9. The van der Waals surface area contributed by atoms with Gasteiger partial charge in [-0.25, -0.2) is 4.79 Å². The van der Waals surface area contributed by atoms with E-state index in [9.17, 15) is 19.8 Å². The van der Waals surface area contributed by atoms with Crippen molar-refractivity contribution in [3.05, 3.63) is 50.4 Å². The van der Waals surface area contributed by atoms with Crippen LogP contribution in [0.4, 0.5) is 0 Å². The maximum Gasteiger partial charge on any atom is 0.326 e. The van der Waals surface area contributed by atoms with Gasteiger partial charge in [0.15, 0.2) is 5.75 Å². The molecule has 2 aromatic carbocycles. The average molecular weight is 557 g/mol. The minimum Gasteiger partial charge on any atom is -0.508 e. The van der Waals surface area contributed by atoms with Crippen molar-refractivity contribution in [3.8, 4) is 17.2 Å². The van der Waals surface area contributed by atoms with Gasteiger partial charge in [-0.1, -0.05) is 34.1 Å². The molecule has 2 atom stereocenters. The number of hydrogen-bond acceptors (Lipinski definition) is 4. The highest BCUT2D eigenvalue weighted by Gasteiger charge is 2.25. The normalized spacial score (nSPS) is 13.0. The summed E-state index contributed by atoms with van der Waals surface area (Å²) in [6.07, 6.45) is 0.685. The summed E-state index contributed by atoms with van der Waals surface area (Å²) in [6.45, 7) is 7.66. The number of hydrogen-bond donors (Lipinski definition) is 3. The molecule has 0 aliphatic carbocycles. The first-order valence-corrected chi connectivity index (χ1v) is 11.6. The molecule has 8 heteroatoms. The second kappa shape index (κ2) is 11.0. The number of ether oxygens (including phenoxy) is 1. The first-order chi connectivity index (χ1) is 14.5. The molecule has 0 bridgehead atoms. The van der Waals surface area contributed by atoms with Gasteiger partial charge < -0.3 is 20.3 Å². The van der Waals surface area contributed by atoms with E-state index < -0.39 is 12.0 Å². The van der Waals surface area contributed by atoms with E-state index in [-0.39, 0.29) is 29.9 Å². The van der Waals surface area contributed by atoms with Crippen LogP contribution >= 0.6 is 31.9 Å². The molecule has 2 aromatic rings. The van der Waals surface area contributed by atoms with Crippen LogP contribution in [0.3, 0.4) is 0 Å². The molecule has 31 heavy (non-hydrogen) atoms. The van der Waals surface area contributed by atoms with Crippen molar-refractivity contribution in [1.29, 1.82) is 0 Å². The SMILES string of the molecule is CCC(C)C(NC(=O)Cc1cc(Br)c(Oc2ccc(O)c(C(C)C)c2)c(Br)c1)C(=O)O. The number of phenols is 1. The van der Waals surface area contributed by atoms with E-state index in [0.717, 1.165) is 5.56 Å². The average Bonchev–Trinajstić information content (AvgIpc) is 2.69. The molecule has 0 spiro atoms. The lowest BCUT2D eigenvalue weighted by atomic mass is 9.99. The van der Waals surface area contributed by atoms with Crippen LogP contribution < -0.4 is 10.1 Å². The summed E-state index contributed by atoms with van der Waals surface area (Å²) < 4.78 is 7.28. The van der Waals surface area contributed by atoms with Gasteiger partial charge in [0.2, 0.25) is 5.91 Å². The Kier molecular flexibility index (Phi) is 8.94. The number of aromatic hydroxyl groups is 1. The summed E-state index contributed by atoms with van der Waals surface area (Å²) in [6, 6.07) is 7.69. The van der Waals surface area contributed by atoms with Crippen LogP contribution in [0.1, 0.15) is 51.2 Å². The minimum atomic E-state index is -1.04. The molecule has 0 aliphatic rings.